The van der Waals surface area contributed by atoms with Gasteiger partial charge in [-0.25, -0.2) is 4.79 Å². The fourth-order valence-corrected chi connectivity index (χ4v) is 3.02. The molecule has 0 saturated carbocycles. The van der Waals surface area contributed by atoms with Crippen LogP contribution >= 0.6 is 34.5 Å². The second-order valence-corrected chi connectivity index (χ2v) is 6.90. The van der Waals surface area contributed by atoms with Crippen molar-refractivity contribution in [2.24, 2.45) is 0 Å². The summed E-state index contributed by atoms with van der Waals surface area (Å²) in [5, 5.41) is 15.6. The van der Waals surface area contributed by atoms with E-state index in [9.17, 15) is 4.79 Å². The summed E-state index contributed by atoms with van der Waals surface area (Å²) in [6.45, 7) is 2.18. The second-order valence-electron chi connectivity index (χ2n) is 5.02. The van der Waals surface area contributed by atoms with Gasteiger partial charge in [0.05, 0.1) is 10.0 Å². The number of unbranched alkanes of at least 4 members (excludes halogenated alkanes) is 3. The quantitative estimate of drug-likeness (QED) is 0.620. The lowest BCUT2D eigenvalue weighted by Gasteiger charge is -2.05. The molecule has 2 amide bonds. The number of amides is 2. The number of hydrogen-bond acceptors (Lipinski definition) is 4. The molecule has 0 fully saturated rings. The summed E-state index contributed by atoms with van der Waals surface area (Å²) in [5.74, 6) is 0. The highest BCUT2D eigenvalue weighted by Crippen LogP contribution is 2.25. The van der Waals surface area contributed by atoms with Crippen LogP contribution in [0.1, 0.15) is 37.6 Å². The monoisotopic (exact) mass is 372 g/mol. The Labute approximate surface area is 149 Å². The van der Waals surface area contributed by atoms with E-state index in [1.54, 1.807) is 18.2 Å². The molecule has 2 rings (SSSR count). The van der Waals surface area contributed by atoms with E-state index in [-0.39, 0.29) is 0 Å². The summed E-state index contributed by atoms with van der Waals surface area (Å²) < 4.78 is 0. The molecule has 0 spiro atoms. The third kappa shape index (κ3) is 5.97. The van der Waals surface area contributed by atoms with Gasteiger partial charge in [-0.1, -0.05) is 60.7 Å². The van der Waals surface area contributed by atoms with Crippen LogP contribution in [-0.2, 0) is 6.42 Å². The Morgan fingerprint density at radius 2 is 1.96 bits per heavy atom. The molecule has 23 heavy (non-hydrogen) atoms. The zero-order chi connectivity index (χ0) is 16.7. The maximum atomic E-state index is 11.9. The molecule has 0 atom stereocenters. The molecule has 1 aromatic carbocycles. The number of aromatic nitrogens is 2. The zero-order valence-electron chi connectivity index (χ0n) is 12.7. The van der Waals surface area contributed by atoms with E-state index in [0.717, 1.165) is 17.8 Å². The van der Waals surface area contributed by atoms with Gasteiger partial charge in [0, 0.05) is 12.1 Å². The van der Waals surface area contributed by atoms with E-state index < -0.39 is 6.03 Å². The number of halogens is 2. The summed E-state index contributed by atoms with van der Waals surface area (Å²) in [7, 11) is 0. The summed E-state index contributed by atoms with van der Waals surface area (Å²) in [4.78, 5) is 11.9. The normalized spacial score (nSPS) is 10.6. The lowest BCUT2D eigenvalue weighted by atomic mass is 10.2. The zero-order valence-corrected chi connectivity index (χ0v) is 15.1. The van der Waals surface area contributed by atoms with E-state index in [2.05, 4.69) is 27.8 Å². The number of rotatable bonds is 7. The Hall–Kier alpha value is -1.37. The van der Waals surface area contributed by atoms with Gasteiger partial charge in [0.25, 0.3) is 0 Å². The molecule has 2 aromatic rings. The minimum absolute atomic E-state index is 0.384. The Bertz CT molecular complexity index is 663. The fourth-order valence-electron chi connectivity index (χ4n) is 1.94. The number of benzene rings is 1. The second kappa shape index (κ2) is 9.05. The third-order valence-corrected chi connectivity index (χ3v) is 4.75. The van der Waals surface area contributed by atoms with Crippen molar-refractivity contribution in [2.45, 2.75) is 39.0 Å². The molecule has 0 aliphatic rings. The number of carbonyl (C=O) groups excluding carboxylic acids is 1. The lowest BCUT2D eigenvalue weighted by molar-refractivity contribution is 0.262. The highest BCUT2D eigenvalue weighted by atomic mass is 35.5. The van der Waals surface area contributed by atoms with E-state index >= 15 is 0 Å². The summed E-state index contributed by atoms with van der Waals surface area (Å²) in [6, 6.07) is 4.49. The maximum Gasteiger partial charge on any atom is 0.325 e. The molecule has 124 valence electrons. The Balaban J connectivity index is 1.83. The molecule has 0 aliphatic carbocycles. The van der Waals surface area contributed by atoms with Crippen LogP contribution in [0.3, 0.4) is 0 Å². The van der Waals surface area contributed by atoms with Crippen molar-refractivity contribution in [1.82, 2.24) is 10.2 Å². The third-order valence-electron chi connectivity index (χ3n) is 3.11. The fraction of sp³-hybridized carbons (Fsp3) is 0.400. The van der Waals surface area contributed by atoms with Gasteiger partial charge in [-0.05, 0) is 24.6 Å². The van der Waals surface area contributed by atoms with E-state index in [4.69, 9.17) is 23.2 Å². The Kier molecular flexibility index (Phi) is 7.08. The molecule has 0 aliphatic heterocycles. The van der Waals surface area contributed by atoms with Crippen molar-refractivity contribution in [3.05, 3.63) is 33.3 Å². The highest BCUT2D eigenvalue weighted by molar-refractivity contribution is 7.15. The number of urea groups is 1. The van der Waals surface area contributed by atoms with Crippen molar-refractivity contribution in [3.63, 3.8) is 0 Å². The molecular weight excluding hydrogens is 355 g/mol. The van der Waals surface area contributed by atoms with Gasteiger partial charge in [0.1, 0.15) is 5.01 Å². The maximum absolute atomic E-state index is 11.9. The number of nitrogens with zero attached hydrogens (tertiary/aromatic N) is 2. The van der Waals surface area contributed by atoms with Crippen LogP contribution in [0.2, 0.25) is 10.0 Å². The first-order chi connectivity index (χ1) is 11.1. The van der Waals surface area contributed by atoms with Gasteiger partial charge in [-0.15, -0.1) is 10.2 Å². The first kappa shape index (κ1) is 18.0. The van der Waals surface area contributed by atoms with E-state index in [1.807, 2.05) is 0 Å². The number of aryl methyl sites for hydroxylation is 1. The van der Waals surface area contributed by atoms with Crippen molar-refractivity contribution >= 4 is 51.4 Å². The van der Waals surface area contributed by atoms with Gasteiger partial charge in [-0.2, -0.15) is 0 Å². The minimum atomic E-state index is -0.392. The number of hydrogen-bond donors (Lipinski definition) is 2. The average molecular weight is 373 g/mol. The number of carbonyl (C=O) groups is 1. The van der Waals surface area contributed by atoms with Gasteiger partial charge in [0.2, 0.25) is 5.13 Å². The van der Waals surface area contributed by atoms with Crippen molar-refractivity contribution in [1.29, 1.82) is 0 Å². The van der Waals surface area contributed by atoms with Crippen LogP contribution in [0.25, 0.3) is 0 Å². The average Bonchev–Trinajstić information content (AvgIpc) is 2.95. The van der Waals surface area contributed by atoms with Gasteiger partial charge >= 0.3 is 6.03 Å². The molecule has 5 nitrogen and oxygen atoms in total. The SMILES string of the molecule is CCCCCCc1nnc(NC(=O)Nc2ccc(Cl)c(Cl)c2)s1. The molecule has 0 saturated heterocycles. The van der Waals surface area contributed by atoms with Crippen LogP contribution in [0, 0.1) is 0 Å². The Morgan fingerprint density at radius 3 is 2.70 bits per heavy atom. The first-order valence-corrected chi connectivity index (χ1v) is 9.01. The molecule has 2 N–H and O–H groups in total. The molecular formula is C15H18Cl2N4OS. The smallest absolute Gasteiger partial charge is 0.308 e. The topological polar surface area (TPSA) is 66.9 Å². The standard InChI is InChI=1S/C15H18Cl2N4OS/c1-2-3-4-5-6-13-20-21-15(23-13)19-14(22)18-10-7-8-11(16)12(17)9-10/h7-9H,2-6H2,1H3,(H2,18,19,21,22). The predicted molar refractivity (Wildman–Crippen MR) is 96.9 cm³/mol. The molecule has 0 radical (unpaired) electrons. The van der Waals surface area contributed by atoms with Crippen LogP contribution in [0.15, 0.2) is 18.2 Å². The molecule has 8 heteroatoms. The summed E-state index contributed by atoms with van der Waals surface area (Å²) in [5.41, 5.74) is 0.557. The summed E-state index contributed by atoms with van der Waals surface area (Å²) in [6.07, 6.45) is 5.62. The molecule has 0 bridgehead atoms. The molecule has 0 unspecified atom stereocenters. The largest absolute Gasteiger partial charge is 0.325 e. The Morgan fingerprint density at radius 1 is 1.13 bits per heavy atom. The highest BCUT2D eigenvalue weighted by Gasteiger charge is 2.09. The van der Waals surface area contributed by atoms with Crippen LogP contribution in [0.5, 0.6) is 0 Å². The van der Waals surface area contributed by atoms with E-state index in [1.165, 1.54) is 30.6 Å². The van der Waals surface area contributed by atoms with Crippen LogP contribution in [-0.4, -0.2) is 16.2 Å². The van der Waals surface area contributed by atoms with Crippen molar-refractivity contribution < 1.29 is 4.79 Å². The van der Waals surface area contributed by atoms with E-state index in [0.29, 0.717) is 20.9 Å². The minimum Gasteiger partial charge on any atom is -0.308 e. The van der Waals surface area contributed by atoms with Gasteiger partial charge < -0.3 is 5.32 Å². The summed E-state index contributed by atoms with van der Waals surface area (Å²) >= 11 is 13.1. The number of nitrogens with one attached hydrogen (secondary N) is 2. The number of anilines is 2. The van der Waals surface area contributed by atoms with Gasteiger partial charge in [-0.3, -0.25) is 5.32 Å². The first-order valence-electron chi connectivity index (χ1n) is 7.44. The molecule has 1 heterocycles. The van der Waals surface area contributed by atoms with Crippen LogP contribution < -0.4 is 10.6 Å². The predicted octanol–water partition coefficient (Wildman–Crippen LogP) is 5.61. The van der Waals surface area contributed by atoms with Crippen molar-refractivity contribution in [2.75, 3.05) is 10.6 Å². The molecule has 1 aromatic heterocycles. The van der Waals surface area contributed by atoms with Crippen molar-refractivity contribution in [3.8, 4) is 0 Å². The van der Waals surface area contributed by atoms with Gasteiger partial charge in [0.15, 0.2) is 0 Å². The lowest BCUT2D eigenvalue weighted by Crippen LogP contribution is -2.19. The van der Waals surface area contributed by atoms with Crippen LogP contribution in [0.4, 0.5) is 15.6 Å².